The van der Waals surface area contributed by atoms with Crippen LogP contribution in [-0.4, -0.2) is 23.0 Å². The Bertz CT molecular complexity index is 886. The van der Waals surface area contributed by atoms with E-state index in [1.54, 1.807) is 25.3 Å². The van der Waals surface area contributed by atoms with Gasteiger partial charge in [0.15, 0.2) is 0 Å². The van der Waals surface area contributed by atoms with Crippen molar-refractivity contribution in [2.75, 3.05) is 12.4 Å². The maximum atomic E-state index is 12.2. The molecule has 3 aromatic rings. The van der Waals surface area contributed by atoms with Gasteiger partial charge in [0.25, 0.3) is 5.91 Å². The summed E-state index contributed by atoms with van der Waals surface area (Å²) in [4.78, 5) is 20.5. The maximum Gasteiger partial charge on any atom is 0.271 e. The first-order valence-electron chi connectivity index (χ1n) is 7.90. The Kier molecular flexibility index (Phi) is 5.66. The normalized spacial score (nSPS) is 10.2. The van der Waals surface area contributed by atoms with E-state index in [2.05, 4.69) is 20.6 Å². The van der Waals surface area contributed by atoms with E-state index in [4.69, 9.17) is 16.3 Å². The topological polar surface area (TPSA) is 76.1 Å². The van der Waals surface area contributed by atoms with Gasteiger partial charge in [-0.25, -0.2) is 9.97 Å². The lowest BCUT2D eigenvalue weighted by Crippen LogP contribution is -2.24. The lowest BCUT2D eigenvalue weighted by molar-refractivity contribution is 0.0945. The number of ether oxygens (including phenoxy) is 1. The number of aromatic nitrogens is 2. The molecule has 6 nitrogen and oxygen atoms in total. The summed E-state index contributed by atoms with van der Waals surface area (Å²) >= 11 is 6.01. The predicted octanol–water partition coefficient (Wildman–Crippen LogP) is 3.81. The number of carbonyl (C=O) groups excluding carboxylic acids is 1. The Hall–Kier alpha value is -3.12. The maximum absolute atomic E-state index is 12.2. The van der Waals surface area contributed by atoms with Crippen molar-refractivity contribution in [2.45, 2.75) is 6.54 Å². The zero-order chi connectivity index (χ0) is 18.4. The average Bonchev–Trinajstić information content (AvgIpc) is 2.68. The van der Waals surface area contributed by atoms with Gasteiger partial charge in [-0.2, -0.15) is 0 Å². The second-order valence-corrected chi connectivity index (χ2v) is 5.86. The molecule has 0 aliphatic rings. The van der Waals surface area contributed by atoms with E-state index in [1.165, 1.54) is 12.4 Å². The number of nitrogens with one attached hydrogen (secondary N) is 2. The fourth-order valence-electron chi connectivity index (χ4n) is 2.29. The van der Waals surface area contributed by atoms with E-state index in [-0.39, 0.29) is 11.6 Å². The quantitative estimate of drug-likeness (QED) is 0.691. The molecule has 26 heavy (non-hydrogen) atoms. The molecule has 2 N–H and O–H groups in total. The summed E-state index contributed by atoms with van der Waals surface area (Å²) in [6, 6.07) is 14.9. The highest BCUT2D eigenvalue weighted by molar-refractivity contribution is 6.31. The predicted molar refractivity (Wildman–Crippen MR) is 101 cm³/mol. The third-order valence-corrected chi connectivity index (χ3v) is 3.84. The van der Waals surface area contributed by atoms with E-state index >= 15 is 0 Å². The fourth-order valence-corrected chi connectivity index (χ4v) is 2.47. The van der Waals surface area contributed by atoms with Crippen LogP contribution >= 0.6 is 11.6 Å². The second-order valence-electron chi connectivity index (χ2n) is 5.42. The molecule has 0 aliphatic heterocycles. The summed E-state index contributed by atoms with van der Waals surface area (Å²) in [5, 5.41) is 6.45. The number of rotatable bonds is 6. The smallest absolute Gasteiger partial charge is 0.271 e. The van der Waals surface area contributed by atoms with Crippen molar-refractivity contribution in [3.8, 4) is 5.75 Å². The van der Waals surface area contributed by atoms with Crippen LogP contribution in [0.1, 0.15) is 16.1 Å². The number of carbonyl (C=O) groups is 1. The van der Waals surface area contributed by atoms with Crippen LogP contribution in [0.25, 0.3) is 0 Å². The van der Waals surface area contributed by atoms with Crippen molar-refractivity contribution >= 4 is 29.0 Å². The molecular formula is C19H17ClN4O2. The molecule has 0 fully saturated rings. The van der Waals surface area contributed by atoms with E-state index in [1.807, 2.05) is 30.3 Å². The van der Waals surface area contributed by atoms with Gasteiger partial charge in [-0.1, -0.05) is 41.9 Å². The minimum absolute atomic E-state index is 0.240. The standard InChI is InChI=1S/C19H17ClN4O2/c1-26-17-8-7-14(20)9-15(17)24-18-12-21-16(11-22-18)19(25)23-10-13-5-3-2-4-6-13/h2-9,11-12H,10H2,1H3,(H,22,24)(H,23,25). The van der Waals surface area contributed by atoms with Crippen LogP contribution in [0.15, 0.2) is 60.9 Å². The highest BCUT2D eigenvalue weighted by Crippen LogP contribution is 2.29. The molecule has 3 rings (SSSR count). The summed E-state index contributed by atoms with van der Waals surface area (Å²) in [5.41, 5.74) is 1.92. The first-order valence-corrected chi connectivity index (χ1v) is 8.28. The number of nitrogens with zero attached hydrogens (tertiary/aromatic N) is 2. The average molecular weight is 369 g/mol. The number of hydrogen-bond donors (Lipinski definition) is 2. The molecule has 1 amide bonds. The number of amides is 1. The highest BCUT2D eigenvalue weighted by atomic mass is 35.5. The fraction of sp³-hybridized carbons (Fsp3) is 0.105. The van der Waals surface area contributed by atoms with Crippen LogP contribution in [0, 0.1) is 0 Å². The van der Waals surface area contributed by atoms with Gasteiger partial charge in [-0.3, -0.25) is 4.79 Å². The van der Waals surface area contributed by atoms with E-state index in [0.29, 0.717) is 28.8 Å². The molecule has 0 aliphatic carbocycles. The van der Waals surface area contributed by atoms with E-state index < -0.39 is 0 Å². The van der Waals surface area contributed by atoms with Crippen molar-refractivity contribution in [3.05, 3.63) is 77.2 Å². The van der Waals surface area contributed by atoms with Gasteiger partial charge in [0.05, 0.1) is 25.2 Å². The molecule has 0 saturated carbocycles. The lowest BCUT2D eigenvalue weighted by Gasteiger charge is -2.11. The first-order chi connectivity index (χ1) is 12.7. The molecule has 0 unspecified atom stereocenters. The highest BCUT2D eigenvalue weighted by Gasteiger charge is 2.09. The lowest BCUT2D eigenvalue weighted by atomic mass is 10.2. The van der Waals surface area contributed by atoms with Crippen molar-refractivity contribution in [1.29, 1.82) is 0 Å². The van der Waals surface area contributed by atoms with Gasteiger partial charge in [0, 0.05) is 11.6 Å². The van der Waals surface area contributed by atoms with Crippen molar-refractivity contribution < 1.29 is 9.53 Å². The van der Waals surface area contributed by atoms with Gasteiger partial charge in [-0.05, 0) is 23.8 Å². The van der Waals surface area contributed by atoms with Crippen molar-refractivity contribution in [3.63, 3.8) is 0 Å². The SMILES string of the molecule is COc1ccc(Cl)cc1Nc1cnc(C(=O)NCc2ccccc2)cn1. The minimum Gasteiger partial charge on any atom is -0.495 e. The minimum atomic E-state index is -0.284. The van der Waals surface area contributed by atoms with Crippen LogP contribution < -0.4 is 15.4 Å². The summed E-state index contributed by atoms with van der Waals surface area (Å²) in [5.74, 6) is 0.819. The zero-order valence-corrected chi connectivity index (χ0v) is 14.8. The van der Waals surface area contributed by atoms with Crippen LogP contribution in [0.2, 0.25) is 5.02 Å². The summed E-state index contributed by atoms with van der Waals surface area (Å²) in [7, 11) is 1.57. The molecule has 1 heterocycles. The van der Waals surface area contributed by atoms with Gasteiger partial charge < -0.3 is 15.4 Å². The summed E-state index contributed by atoms with van der Waals surface area (Å²) < 4.78 is 5.28. The van der Waals surface area contributed by atoms with Crippen LogP contribution in [0.5, 0.6) is 5.75 Å². The Labute approximate surface area is 156 Å². The van der Waals surface area contributed by atoms with Gasteiger partial charge in [0.2, 0.25) is 0 Å². The Morgan fingerprint density at radius 3 is 2.62 bits per heavy atom. The van der Waals surface area contributed by atoms with E-state index in [9.17, 15) is 4.79 Å². The van der Waals surface area contributed by atoms with Gasteiger partial charge in [0.1, 0.15) is 17.3 Å². The number of methoxy groups -OCH3 is 1. The molecule has 0 atom stereocenters. The molecule has 1 aromatic heterocycles. The van der Waals surface area contributed by atoms with Crippen LogP contribution in [-0.2, 0) is 6.54 Å². The third kappa shape index (κ3) is 4.49. The molecular weight excluding hydrogens is 352 g/mol. The Morgan fingerprint density at radius 1 is 1.12 bits per heavy atom. The van der Waals surface area contributed by atoms with Gasteiger partial charge >= 0.3 is 0 Å². The largest absolute Gasteiger partial charge is 0.495 e. The molecule has 2 aromatic carbocycles. The zero-order valence-electron chi connectivity index (χ0n) is 14.1. The molecule has 0 spiro atoms. The number of anilines is 2. The number of halogens is 1. The molecule has 0 saturated heterocycles. The summed E-state index contributed by atoms with van der Waals surface area (Å²) in [6.45, 7) is 0.432. The van der Waals surface area contributed by atoms with Crippen molar-refractivity contribution in [2.24, 2.45) is 0 Å². The molecule has 0 bridgehead atoms. The number of hydrogen-bond acceptors (Lipinski definition) is 5. The van der Waals surface area contributed by atoms with Gasteiger partial charge in [-0.15, -0.1) is 0 Å². The summed E-state index contributed by atoms with van der Waals surface area (Å²) in [6.07, 6.45) is 2.90. The third-order valence-electron chi connectivity index (χ3n) is 3.60. The number of benzene rings is 2. The van der Waals surface area contributed by atoms with E-state index in [0.717, 1.165) is 5.56 Å². The second kappa shape index (κ2) is 8.31. The Balaban J connectivity index is 1.65. The first kappa shape index (κ1) is 17.7. The Morgan fingerprint density at radius 2 is 1.92 bits per heavy atom. The van der Waals surface area contributed by atoms with Crippen LogP contribution in [0.3, 0.4) is 0 Å². The molecule has 132 valence electrons. The monoisotopic (exact) mass is 368 g/mol. The van der Waals surface area contributed by atoms with Crippen molar-refractivity contribution in [1.82, 2.24) is 15.3 Å². The van der Waals surface area contributed by atoms with Crippen LogP contribution in [0.4, 0.5) is 11.5 Å². The molecule has 0 radical (unpaired) electrons. The molecule has 7 heteroatoms.